The first-order valence-corrected chi connectivity index (χ1v) is 12.0. The lowest BCUT2D eigenvalue weighted by atomic mass is 9.82. The number of nitriles is 1. The minimum Gasteiger partial charge on any atom is -0.358 e. The van der Waals surface area contributed by atoms with Crippen molar-refractivity contribution in [3.63, 3.8) is 0 Å². The third kappa shape index (κ3) is 5.74. The second kappa shape index (κ2) is 9.50. The summed E-state index contributed by atoms with van der Waals surface area (Å²) in [5.41, 5.74) is 2.35. The highest BCUT2D eigenvalue weighted by Gasteiger charge is 2.42. The van der Waals surface area contributed by atoms with Crippen LogP contribution in [0.1, 0.15) is 88.7 Å². The molecule has 4 rings (SSSR count). The van der Waals surface area contributed by atoms with Gasteiger partial charge in [0.15, 0.2) is 0 Å². The van der Waals surface area contributed by atoms with Crippen molar-refractivity contribution in [2.24, 2.45) is 5.92 Å². The normalized spacial score (nSPS) is 22.4. The number of thiazole rings is 1. The molecule has 10 heteroatoms. The van der Waals surface area contributed by atoms with Crippen LogP contribution in [0.25, 0.3) is 0 Å². The number of hydrogen-bond donors (Lipinski definition) is 0. The number of halogens is 6. The molecule has 0 N–H and O–H groups in total. The lowest BCUT2D eigenvalue weighted by Crippen LogP contribution is -2.27. The first-order valence-electron chi connectivity index (χ1n) is 11.2. The molecule has 2 aromatic rings. The largest absolute Gasteiger partial charge is 0.411 e. The maximum atomic E-state index is 13.0. The molecule has 1 atom stereocenters. The van der Waals surface area contributed by atoms with E-state index in [0.29, 0.717) is 39.5 Å². The van der Waals surface area contributed by atoms with Gasteiger partial charge < -0.3 is 4.74 Å². The molecular formula is C24H24F6N2OS. The average molecular weight is 503 g/mol. The number of alkyl halides is 6. The Morgan fingerprint density at radius 1 is 1.06 bits per heavy atom. The third-order valence-corrected chi connectivity index (χ3v) is 7.92. The second-order valence-corrected chi connectivity index (χ2v) is 10.2. The van der Waals surface area contributed by atoms with Gasteiger partial charge in [-0.1, -0.05) is 12.1 Å². The van der Waals surface area contributed by atoms with Crippen LogP contribution in [0.15, 0.2) is 18.2 Å². The monoisotopic (exact) mass is 502 g/mol. The summed E-state index contributed by atoms with van der Waals surface area (Å²) in [5.74, 6) is -1.24. The van der Waals surface area contributed by atoms with Crippen LogP contribution >= 0.6 is 11.3 Å². The van der Waals surface area contributed by atoms with Gasteiger partial charge in [-0.25, -0.2) is 4.98 Å². The van der Waals surface area contributed by atoms with Crippen LogP contribution < -0.4 is 0 Å². The lowest BCUT2D eigenvalue weighted by Gasteiger charge is -2.28. The summed E-state index contributed by atoms with van der Waals surface area (Å²) >= 11 is 1.22. The van der Waals surface area contributed by atoms with Crippen molar-refractivity contribution in [3.8, 4) is 6.07 Å². The van der Waals surface area contributed by atoms with Crippen molar-refractivity contribution >= 4 is 11.3 Å². The van der Waals surface area contributed by atoms with Gasteiger partial charge in [0.05, 0.1) is 33.1 Å². The zero-order valence-electron chi connectivity index (χ0n) is 18.5. The molecule has 1 aromatic carbocycles. The van der Waals surface area contributed by atoms with Crippen molar-refractivity contribution in [2.45, 2.75) is 75.7 Å². The number of ether oxygens (including phenoxy) is 1. The molecule has 0 aliphatic heterocycles. The van der Waals surface area contributed by atoms with Crippen molar-refractivity contribution in [3.05, 3.63) is 50.5 Å². The molecule has 0 spiro atoms. The number of hydrogen-bond acceptors (Lipinski definition) is 4. The summed E-state index contributed by atoms with van der Waals surface area (Å²) in [6.07, 6.45) is -7.17. The Bertz CT molecular complexity index is 1060. The average Bonchev–Trinajstić information content (AvgIpc) is 3.55. The summed E-state index contributed by atoms with van der Waals surface area (Å²) in [6.45, 7) is 0.242. The highest BCUT2D eigenvalue weighted by Crippen LogP contribution is 2.46. The molecule has 2 aliphatic rings. The van der Waals surface area contributed by atoms with E-state index in [-0.39, 0.29) is 24.7 Å². The van der Waals surface area contributed by atoms with Crippen molar-refractivity contribution in [1.82, 2.24) is 4.98 Å². The minimum absolute atomic E-state index is 0.0243. The highest BCUT2D eigenvalue weighted by atomic mass is 32.1. The van der Waals surface area contributed by atoms with Gasteiger partial charge >= 0.3 is 12.4 Å². The molecule has 2 aliphatic carbocycles. The quantitative estimate of drug-likeness (QED) is 0.380. The summed E-state index contributed by atoms with van der Waals surface area (Å²) < 4.78 is 83.5. The molecule has 2 saturated carbocycles. The Morgan fingerprint density at radius 2 is 1.71 bits per heavy atom. The van der Waals surface area contributed by atoms with E-state index in [9.17, 15) is 31.6 Å². The Hall–Kier alpha value is -2.12. The molecule has 0 bridgehead atoms. The van der Waals surface area contributed by atoms with E-state index in [0.717, 1.165) is 18.4 Å². The smallest absolute Gasteiger partial charge is 0.358 e. The van der Waals surface area contributed by atoms with Crippen LogP contribution in [0.4, 0.5) is 26.3 Å². The Balaban J connectivity index is 1.62. The van der Waals surface area contributed by atoms with Crippen LogP contribution in [0.5, 0.6) is 0 Å². The predicted octanol–water partition coefficient (Wildman–Crippen LogP) is 7.71. The van der Waals surface area contributed by atoms with E-state index in [4.69, 9.17) is 4.74 Å². The molecule has 0 radical (unpaired) electrons. The second-order valence-electron chi connectivity index (χ2n) is 9.13. The van der Waals surface area contributed by atoms with Crippen molar-refractivity contribution < 1.29 is 31.1 Å². The van der Waals surface area contributed by atoms with Crippen LogP contribution in [0.2, 0.25) is 0 Å². The topological polar surface area (TPSA) is 45.9 Å². The van der Waals surface area contributed by atoms with Crippen LogP contribution in [-0.2, 0) is 4.74 Å². The van der Waals surface area contributed by atoms with Gasteiger partial charge in [0, 0.05) is 5.92 Å². The van der Waals surface area contributed by atoms with Gasteiger partial charge in [-0.3, -0.25) is 0 Å². The fourth-order valence-corrected chi connectivity index (χ4v) is 5.91. The van der Waals surface area contributed by atoms with Gasteiger partial charge in [0.2, 0.25) is 0 Å². The Morgan fingerprint density at radius 3 is 2.26 bits per heavy atom. The fourth-order valence-electron chi connectivity index (χ4n) is 4.59. The number of benzene rings is 1. The highest BCUT2D eigenvalue weighted by molar-refractivity contribution is 7.12. The van der Waals surface area contributed by atoms with E-state index >= 15 is 0 Å². The standard InChI is InChI=1S/C24H24F6N2OS/c1-13-21(34-22(32-13)15-6-8-18(9-7-15)24(28,29)30)20(33-12-23(25,26)27)16-4-5-17(11-31)19(10-16)14-2-3-14/h4-5,10,14-15,18,20H,2-3,6-9,12H2,1H3. The Kier molecular flexibility index (Phi) is 6.98. The first kappa shape index (κ1) is 25.0. The zero-order chi connectivity index (χ0) is 24.7. The molecule has 184 valence electrons. The third-order valence-electron chi connectivity index (χ3n) is 6.56. The van der Waals surface area contributed by atoms with E-state index in [2.05, 4.69) is 11.1 Å². The van der Waals surface area contributed by atoms with Crippen LogP contribution in [0.3, 0.4) is 0 Å². The summed E-state index contributed by atoms with van der Waals surface area (Å²) in [7, 11) is 0. The molecule has 1 unspecified atom stereocenters. The summed E-state index contributed by atoms with van der Waals surface area (Å²) in [5, 5.41) is 10.0. The molecule has 0 saturated heterocycles. The van der Waals surface area contributed by atoms with E-state index in [1.54, 1.807) is 25.1 Å². The fraction of sp³-hybridized carbons (Fsp3) is 0.583. The summed E-state index contributed by atoms with van der Waals surface area (Å²) in [4.78, 5) is 5.06. The SMILES string of the molecule is Cc1nc(C2CCC(C(F)(F)F)CC2)sc1C(OCC(F)(F)F)c1ccc(C#N)c(C2CC2)c1. The van der Waals surface area contributed by atoms with Crippen molar-refractivity contribution in [1.29, 1.82) is 5.26 Å². The van der Waals surface area contributed by atoms with Crippen LogP contribution in [-0.4, -0.2) is 23.9 Å². The number of rotatable bonds is 6. The Labute approximate surface area is 197 Å². The van der Waals surface area contributed by atoms with Crippen LogP contribution in [0, 0.1) is 24.2 Å². The van der Waals surface area contributed by atoms with Gasteiger partial charge in [-0.15, -0.1) is 11.3 Å². The molecule has 34 heavy (non-hydrogen) atoms. The summed E-state index contributed by atoms with van der Waals surface area (Å²) in [6, 6.07) is 7.12. The van der Waals surface area contributed by atoms with Crippen molar-refractivity contribution in [2.75, 3.05) is 6.61 Å². The predicted molar refractivity (Wildman–Crippen MR) is 115 cm³/mol. The van der Waals surface area contributed by atoms with E-state index in [1.165, 1.54) is 11.3 Å². The maximum Gasteiger partial charge on any atom is 0.411 e. The molecule has 2 fully saturated rings. The molecule has 1 aromatic heterocycles. The molecule has 3 nitrogen and oxygen atoms in total. The molecule has 0 amide bonds. The number of aromatic nitrogens is 1. The molecular weight excluding hydrogens is 478 g/mol. The number of aryl methyl sites for hydroxylation is 1. The first-order chi connectivity index (χ1) is 16.0. The van der Waals surface area contributed by atoms with Gasteiger partial charge in [0.25, 0.3) is 0 Å². The minimum atomic E-state index is -4.53. The lowest BCUT2D eigenvalue weighted by molar-refractivity contribution is -0.182. The van der Waals surface area contributed by atoms with Gasteiger partial charge in [-0.05, 0) is 68.6 Å². The van der Waals surface area contributed by atoms with E-state index < -0.39 is 31.0 Å². The number of nitrogens with zero attached hydrogens (tertiary/aromatic N) is 2. The maximum absolute atomic E-state index is 13.0. The molecule has 1 heterocycles. The zero-order valence-corrected chi connectivity index (χ0v) is 19.3. The van der Waals surface area contributed by atoms with E-state index in [1.807, 2.05) is 0 Å². The van der Waals surface area contributed by atoms with Gasteiger partial charge in [0.1, 0.15) is 12.7 Å². The van der Waals surface area contributed by atoms with Gasteiger partial charge in [-0.2, -0.15) is 31.6 Å².